The molecule has 0 bridgehead atoms. The van der Waals surface area contributed by atoms with E-state index in [1.165, 1.54) is 0 Å². The van der Waals surface area contributed by atoms with E-state index in [0.717, 1.165) is 19.3 Å². The molecule has 0 aliphatic rings. The van der Waals surface area contributed by atoms with Gasteiger partial charge in [-0.25, -0.2) is 0 Å². The average Bonchev–Trinajstić information content (AvgIpc) is 1.98. The van der Waals surface area contributed by atoms with Gasteiger partial charge in [0.25, 0.3) is 0 Å². The average molecular weight is 196 g/mol. The van der Waals surface area contributed by atoms with Crippen LogP contribution in [0.15, 0.2) is 0 Å². The van der Waals surface area contributed by atoms with Gasteiger partial charge in [0.15, 0.2) is 0 Å². The molecular weight excluding hydrogens is 175 g/mol. The van der Waals surface area contributed by atoms with Gasteiger partial charge in [-0.2, -0.15) is 0 Å². The summed E-state index contributed by atoms with van der Waals surface area (Å²) in [7, 11) is -4.18. The van der Waals surface area contributed by atoms with Crippen LogP contribution in [0.5, 0.6) is 0 Å². The van der Waals surface area contributed by atoms with E-state index in [1.54, 1.807) is 6.92 Å². The molecule has 3 N–H and O–H groups in total. The topological polar surface area (TPSA) is 60.7 Å². The molecule has 0 aromatic heterocycles. The zero-order valence-electron chi connectivity index (χ0n) is 8.03. The van der Waals surface area contributed by atoms with Gasteiger partial charge in [-0.3, -0.25) is 0 Å². The van der Waals surface area contributed by atoms with Gasteiger partial charge in [0.1, 0.15) is 0 Å². The number of unbranched alkanes of at least 4 members (excludes halogenated alkanes) is 3. The Morgan fingerprint density at radius 3 is 1.92 bits per heavy atom. The van der Waals surface area contributed by atoms with E-state index >= 15 is 0 Å². The Morgan fingerprint density at radius 1 is 0.917 bits per heavy atom. The van der Waals surface area contributed by atoms with Crippen LogP contribution < -0.4 is 0 Å². The Kier molecular flexibility index (Phi) is 4.64. The Morgan fingerprint density at radius 2 is 1.50 bits per heavy atom. The van der Waals surface area contributed by atoms with Crippen LogP contribution in [0.25, 0.3) is 0 Å². The quantitative estimate of drug-likeness (QED) is 0.449. The summed E-state index contributed by atoms with van der Waals surface area (Å²) in [6.07, 6.45) is 4.14. The minimum atomic E-state index is -4.18. The summed E-state index contributed by atoms with van der Waals surface area (Å²) < 4.78 is 0. The van der Waals surface area contributed by atoms with Crippen LogP contribution in [0.3, 0.4) is 0 Å². The summed E-state index contributed by atoms with van der Waals surface area (Å²) in [6.45, 7) is 3.70. The summed E-state index contributed by atoms with van der Waals surface area (Å²) in [5, 5.41) is 0. The molecule has 0 aromatic rings. The van der Waals surface area contributed by atoms with Crippen LogP contribution in [0, 0.1) is 0 Å². The fraction of sp³-hybridized carbons (Fsp3) is 1.00. The summed E-state index contributed by atoms with van der Waals surface area (Å²) in [5.41, 5.74) is 0. The molecule has 0 unspecified atom stereocenters. The molecule has 3 nitrogen and oxygen atoms in total. The standard InChI is InChI=1S/C8H21O3P/c1-3-5-6-7-8-12(9,10,11)4-2/h9-11H,3-8H2,1-2H3. The van der Waals surface area contributed by atoms with E-state index < -0.39 is 7.28 Å². The third-order valence-corrected chi connectivity index (χ3v) is 4.65. The summed E-state index contributed by atoms with van der Waals surface area (Å²) in [4.78, 5) is 28.0. The maximum atomic E-state index is 9.33. The van der Waals surface area contributed by atoms with Crippen molar-refractivity contribution in [1.29, 1.82) is 0 Å². The molecule has 76 valence electrons. The Hall–Kier alpha value is 0.310. The minimum absolute atomic E-state index is 0.0811. The molecular formula is C8H21O3P. The fourth-order valence-electron chi connectivity index (χ4n) is 1.02. The summed E-state index contributed by atoms with van der Waals surface area (Å²) >= 11 is 0. The van der Waals surface area contributed by atoms with Crippen molar-refractivity contribution in [3.05, 3.63) is 0 Å². The molecule has 0 radical (unpaired) electrons. The Bertz CT molecular complexity index is 128. The molecule has 0 saturated carbocycles. The van der Waals surface area contributed by atoms with Gasteiger partial charge in [-0.05, 0) is 0 Å². The van der Waals surface area contributed by atoms with Gasteiger partial charge in [0.05, 0.1) is 0 Å². The van der Waals surface area contributed by atoms with Gasteiger partial charge in [0.2, 0.25) is 0 Å². The first-order chi connectivity index (χ1) is 5.39. The van der Waals surface area contributed by atoms with Crippen LogP contribution in [0.1, 0.15) is 39.5 Å². The molecule has 0 heterocycles. The second-order valence-electron chi connectivity index (χ2n) is 3.44. The van der Waals surface area contributed by atoms with Gasteiger partial charge in [-0.1, -0.05) is 0 Å². The zero-order valence-corrected chi connectivity index (χ0v) is 8.93. The zero-order chi connectivity index (χ0) is 9.69. The molecule has 0 aliphatic heterocycles. The first-order valence-corrected chi connectivity index (χ1v) is 7.11. The van der Waals surface area contributed by atoms with E-state index in [0.29, 0.717) is 6.42 Å². The third-order valence-electron chi connectivity index (χ3n) is 2.12. The van der Waals surface area contributed by atoms with E-state index in [2.05, 4.69) is 6.92 Å². The molecule has 4 heteroatoms. The van der Waals surface area contributed by atoms with Crippen molar-refractivity contribution in [2.75, 3.05) is 12.3 Å². The Labute approximate surface area is 74.6 Å². The van der Waals surface area contributed by atoms with Crippen molar-refractivity contribution in [3.63, 3.8) is 0 Å². The second-order valence-corrected chi connectivity index (χ2v) is 7.20. The summed E-state index contributed by atoms with van der Waals surface area (Å²) in [6, 6.07) is 0. The monoisotopic (exact) mass is 196 g/mol. The van der Waals surface area contributed by atoms with Crippen molar-refractivity contribution in [2.45, 2.75) is 39.5 Å². The molecule has 12 heavy (non-hydrogen) atoms. The van der Waals surface area contributed by atoms with Crippen LogP contribution in [0.4, 0.5) is 0 Å². The van der Waals surface area contributed by atoms with Gasteiger partial charge in [-0.15, -0.1) is 0 Å². The van der Waals surface area contributed by atoms with Crippen LogP contribution in [0.2, 0.25) is 0 Å². The third kappa shape index (κ3) is 5.90. The molecule has 0 amide bonds. The van der Waals surface area contributed by atoms with Crippen molar-refractivity contribution in [3.8, 4) is 0 Å². The SMILES string of the molecule is CCCCCCP(O)(O)(O)CC. The fourth-order valence-corrected chi connectivity index (χ4v) is 2.21. The van der Waals surface area contributed by atoms with Gasteiger partial charge >= 0.3 is 73.8 Å². The number of hydrogen-bond acceptors (Lipinski definition) is 3. The van der Waals surface area contributed by atoms with Crippen molar-refractivity contribution in [2.24, 2.45) is 0 Å². The molecule has 0 rings (SSSR count). The first kappa shape index (κ1) is 12.3. The summed E-state index contributed by atoms with van der Waals surface area (Å²) in [5.74, 6) is 0. The van der Waals surface area contributed by atoms with Crippen LogP contribution in [-0.4, -0.2) is 27.0 Å². The van der Waals surface area contributed by atoms with Crippen LogP contribution in [-0.2, 0) is 0 Å². The molecule has 0 fully saturated rings. The first-order valence-electron chi connectivity index (χ1n) is 4.65. The Balaban J connectivity index is 3.61. The van der Waals surface area contributed by atoms with Gasteiger partial charge in [0, 0.05) is 0 Å². The van der Waals surface area contributed by atoms with E-state index in [9.17, 15) is 14.7 Å². The number of rotatable bonds is 6. The second kappa shape index (κ2) is 4.52. The maximum absolute atomic E-state index is 9.33. The van der Waals surface area contributed by atoms with Gasteiger partial charge < -0.3 is 0 Å². The van der Waals surface area contributed by atoms with Crippen LogP contribution >= 0.6 is 7.28 Å². The molecule has 0 atom stereocenters. The van der Waals surface area contributed by atoms with Crippen molar-refractivity contribution >= 4 is 7.28 Å². The predicted octanol–water partition coefficient (Wildman–Crippen LogP) is 1.86. The molecule has 0 saturated heterocycles. The predicted molar refractivity (Wildman–Crippen MR) is 53.1 cm³/mol. The molecule has 0 aliphatic carbocycles. The molecule has 0 aromatic carbocycles. The van der Waals surface area contributed by atoms with Crippen molar-refractivity contribution < 1.29 is 14.7 Å². The molecule has 0 spiro atoms. The number of hydrogen-bond donors (Lipinski definition) is 3. The van der Waals surface area contributed by atoms with E-state index in [4.69, 9.17) is 0 Å². The van der Waals surface area contributed by atoms with E-state index in [-0.39, 0.29) is 12.3 Å². The normalized spacial score (nSPS) is 15.6. The van der Waals surface area contributed by atoms with Crippen molar-refractivity contribution in [1.82, 2.24) is 0 Å². The van der Waals surface area contributed by atoms with E-state index in [1.807, 2.05) is 0 Å².